The van der Waals surface area contributed by atoms with Crippen LogP contribution in [0.3, 0.4) is 0 Å². The minimum atomic E-state index is 0.852. The van der Waals surface area contributed by atoms with Crippen molar-refractivity contribution < 1.29 is 0 Å². The van der Waals surface area contributed by atoms with Gasteiger partial charge in [0.1, 0.15) is 5.82 Å². The molecule has 1 aromatic heterocycles. The number of rotatable bonds is 3. The molecule has 0 bridgehead atoms. The van der Waals surface area contributed by atoms with E-state index in [1.54, 1.807) is 0 Å². The van der Waals surface area contributed by atoms with Gasteiger partial charge in [-0.2, -0.15) is 5.10 Å². The zero-order valence-electron chi connectivity index (χ0n) is 12.8. The van der Waals surface area contributed by atoms with Crippen LogP contribution in [0.15, 0.2) is 0 Å². The summed E-state index contributed by atoms with van der Waals surface area (Å²) < 4.78 is 1.94. The molecule has 0 aromatic carbocycles. The molecule has 2 aliphatic heterocycles. The van der Waals surface area contributed by atoms with E-state index in [1.165, 1.54) is 45.3 Å². The molecule has 0 spiro atoms. The van der Waals surface area contributed by atoms with Crippen molar-refractivity contribution in [2.24, 2.45) is 13.0 Å². The van der Waals surface area contributed by atoms with E-state index in [9.17, 15) is 0 Å². The molecule has 0 amide bonds. The normalized spacial score (nSPS) is 21.8. The molecule has 112 valence electrons. The Balaban J connectivity index is 1.57. The summed E-state index contributed by atoms with van der Waals surface area (Å²) in [5.41, 5.74) is 7.97. The summed E-state index contributed by atoms with van der Waals surface area (Å²) >= 11 is 0. The van der Waals surface area contributed by atoms with E-state index in [0.717, 1.165) is 36.2 Å². The molecule has 2 saturated heterocycles. The zero-order valence-corrected chi connectivity index (χ0v) is 12.8. The van der Waals surface area contributed by atoms with Crippen LogP contribution in [-0.2, 0) is 7.05 Å². The number of nitrogens with zero attached hydrogens (tertiary/aromatic N) is 4. The van der Waals surface area contributed by atoms with Gasteiger partial charge in [0.2, 0.25) is 0 Å². The molecule has 0 saturated carbocycles. The topological polar surface area (TPSA) is 50.3 Å². The summed E-state index contributed by atoms with van der Waals surface area (Å²) in [6.45, 7) is 8.14. The standard InChI is InChI=1S/C15H27N5/c1-12-14(16)15(18(2)17-12)20-9-5-13(6-10-20)11-19-7-3-4-8-19/h13H,3-11,16H2,1-2H3. The number of likely N-dealkylation sites (tertiary alicyclic amines) is 1. The molecule has 5 nitrogen and oxygen atoms in total. The highest BCUT2D eigenvalue weighted by molar-refractivity contribution is 5.66. The molecule has 1 aromatic rings. The molecule has 5 heteroatoms. The van der Waals surface area contributed by atoms with Crippen LogP contribution in [0.25, 0.3) is 0 Å². The first kappa shape index (κ1) is 13.7. The highest BCUT2D eigenvalue weighted by atomic mass is 15.4. The van der Waals surface area contributed by atoms with Crippen molar-refractivity contribution in [2.45, 2.75) is 32.6 Å². The number of nitrogens with two attached hydrogens (primary N) is 1. The van der Waals surface area contributed by atoms with E-state index in [0.29, 0.717) is 0 Å². The van der Waals surface area contributed by atoms with Crippen LogP contribution in [0.5, 0.6) is 0 Å². The Hall–Kier alpha value is -1.23. The predicted molar refractivity (Wildman–Crippen MR) is 83.0 cm³/mol. The molecule has 0 unspecified atom stereocenters. The van der Waals surface area contributed by atoms with E-state index < -0.39 is 0 Å². The van der Waals surface area contributed by atoms with Crippen LogP contribution >= 0.6 is 0 Å². The molecule has 3 heterocycles. The van der Waals surface area contributed by atoms with Gasteiger partial charge in [-0.25, -0.2) is 0 Å². The lowest BCUT2D eigenvalue weighted by atomic mass is 9.96. The number of hydrogen-bond acceptors (Lipinski definition) is 4. The molecule has 0 aliphatic carbocycles. The van der Waals surface area contributed by atoms with Crippen LogP contribution in [0.2, 0.25) is 0 Å². The lowest BCUT2D eigenvalue weighted by Crippen LogP contribution is -2.39. The summed E-state index contributed by atoms with van der Waals surface area (Å²) in [4.78, 5) is 5.05. The Morgan fingerprint density at radius 1 is 1.15 bits per heavy atom. The Morgan fingerprint density at radius 2 is 1.80 bits per heavy atom. The number of hydrogen-bond donors (Lipinski definition) is 1. The SMILES string of the molecule is Cc1nn(C)c(N2CCC(CN3CCCC3)CC2)c1N. The third kappa shape index (κ3) is 2.64. The second-order valence-electron chi connectivity index (χ2n) is 6.38. The maximum absolute atomic E-state index is 6.17. The van der Waals surface area contributed by atoms with Crippen LogP contribution in [-0.4, -0.2) is 47.4 Å². The van der Waals surface area contributed by atoms with Crippen molar-refractivity contribution in [3.63, 3.8) is 0 Å². The fourth-order valence-corrected chi connectivity index (χ4v) is 3.70. The van der Waals surface area contributed by atoms with Crippen molar-refractivity contribution in [2.75, 3.05) is 43.4 Å². The van der Waals surface area contributed by atoms with Gasteiger partial charge in [0.05, 0.1) is 11.4 Å². The average molecular weight is 277 g/mol. The Morgan fingerprint density at radius 3 is 2.35 bits per heavy atom. The van der Waals surface area contributed by atoms with Gasteiger partial charge in [-0.3, -0.25) is 4.68 Å². The maximum atomic E-state index is 6.17. The first-order valence-corrected chi connectivity index (χ1v) is 7.91. The van der Waals surface area contributed by atoms with Gasteiger partial charge < -0.3 is 15.5 Å². The van der Waals surface area contributed by atoms with E-state index in [1.807, 2.05) is 18.7 Å². The Bertz CT molecular complexity index is 453. The predicted octanol–water partition coefficient (Wildman–Crippen LogP) is 1.62. The highest BCUT2D eigenvalue weighted by Gasteiger charge is 2.25. The molecule has 3 rings (SSSR count). The van der Waals surface area contributed by atoms with Crippen LogP contribution in [0, 0.1) is 12.8 Å². The van der Waals surface area contributed by atoms with Gasteiger partial charge in [0.25, 0.3) is 0 Å². The second-order valence-corrected chi connectivity index (χ2v) is 6.38. The molecular formula is C15H27N5. The van der Waals surface area contributed by atoms with Gasteiger partial charge in [0, 0.05) is 26.7 Å². The second kappa shape index (κ2) is 5.64. The maximum Gasteiger partial charge on any atom is 0.150 e. The third-order valence-electron chi connectivity index (χ3n) is 4.87. The quantitative estimate of drug-likeness (QED) is 0.912. The van der Waals surface area contributed by atoms with Crippen LogP contribution < -0.4 is 10.6 Å². The fourth-order valence-electron chi connectivity index (χ4n) is 3.70. The summed E-state index contributed by atoms with van der Waals surface area (Å²) in [5.74, 6) is 1.97. The summed E-state index contributed by atoms with van der Waals surface area (Å²) in [5, 5.41) is 4.43. The third-order valence-corrected chi connectivity index (χ3v) is 4.87. The van der Waals surface area contributed by atoms with Crippen LogP contribution in [0.1, 0.15) is 31.4 Å². The average Bonchev–Trinajstić information content (AvgIpc) is 3.01. The first-order chi connectivity index (χ1) is 9.65. The first-order valence-electron chi connectivity index (χ1n) is 7.91. The van der Waals surface area contributed by atoms with Crippen molar-refractivity contribution in [1.29, 1.82) is 0 Å². The van der Waals surface area contributed by atoms with Crippen LogP contribution in [0.4, 0.5) is 11.5 Å². The fraction of sp³-hybridized carbons (Fsp3) is 0.800. The number of anilines is 2. The number of aromatic nitrogens is 2. The van der Waals surface area contributed by atoms with Gasteiger partial charge in [0.15, 0.2) is 0 Å². The van der Waals surface area contributed by atoms with E-state index >= 15 is 0 Å². The lowest BCUT2D eigenvalue weighted by molar-refractivity contribution is 0.249. The van der Waals surface area contributed by atoms with Crippen molar-refractivity contribution in [3.05, 3.63) is 5.69 Å². The lowest BCUT2D eigenvalue weighted by Gasteiger charge is -2.35. The van der Waals surface area contributed by atoms with E-state index in [2.05, 4.69) is 14.9 Å². The number of aryl methyl sites for hydroxylation is 2. The monoisotopic (exact) mass is 277 g/mol. The van der Waals surface area contributed by atoms with E-state index in [4.69, 9.17) is 5.73 Å². The minimum Gasteiger partial charge on any atom is -0.394 e. The Kier molecular flexibility index (Phi) is 3.87. The van der Waals surface area contributed by atoms with Gasteiger partial charge in [-0.1, -0.05) is 0 Å². The molecule has 2 fully saturated rings. The minimum absolute atomic E-state index is 0.852. The summed E-state index contributed by atoms with van der Waals surface area (Å²) in [6, 6.07) is 0. The molecule has 0 atom stereocenters. The molecule has 0 radical (unpaired) electrons. The smallest absolute Gasteiger partial charge is 0.150 e. The molecular weight excluding hydrogens is 250 g/mol. The highest BCUT2D eigenvalue weighted by Crippen LogP contribution is 2.30. The van der Waals surface area contributed by atoms with E-state index in [-0.39, 0.29) is 0 Å². The van der Waals surface area contributed by atoms with Gasteiger partial charge in [-0.15, -0.1) is 0 Å². The number of piperidine rings is 1. The van der Waals surface area contributed by atoms with Gasteiger partial charge >= 0.3 is 0 Å². The van der Waals surface area contributed by atoms with Crippen molar-refractivity contribution in [3.8, 4) is 0 Å². The Labute approximate surface area is 121 Å². The van der Waals surface area contributed by atoms with Crippen molar-refractivity contribution >= 4 is 11.5 Å². The molecule has 2 N–H and O–H groups in total. The van der Waals surface area contributed by atoms with Gasteiger partial charge in [-0.05, 0) is 51.6 Å². The molecule has 20 heavy (non-hydrogen) atoms. The molecule has 2 aliphatic rings. The largest absolute Gasteiger partial charge is 0.394 e. The zero-order chi connectivity index (χ0) is 14.1. The summed E-state index contributed by atoms with van der Waals surface area (Å²) in [7, 11) is 2.00. The van der Waals surface area contributed by atoms with Crippen molar-refractivity contribution in [1.82, 2.24) is 14.7 Å². The number of nitrogen functional groups attached to an aromatic ring is 1. The summed E-state index contributed by atoms with van der Waals surface area (Å²) in [6.07, 6.45) is 5.34.